The Labute approximate surface area is 204 Å². The second-order valence-electron chi connectivity index (χ2n) is 7.63. The van der Waals surface area contributed by atoms with E-state index in [0.29, 0.717) is 23.7 Å². The number of ether oxygens (including phenoxy) is 2. The summed E-state index contributed by atoms with van der Waals surface area (Å²) in [6.45, 7) is 4.19. The van der Waals surface area contributed by atoms with Crippen LogP contribution in [0.5, 0.6) is 11.5 Å². The van der Waals surface area contributed by atoms with E-state index in [4.69, 9.17) is 21.7 Å². The molecule has 0 saturated carbocycles. The van der Waals surface area contributed by atoms with Gasteiger partial charge in [0.05, 0.1) is 6.61 Å². The van der Waals surface area contributed by atoms with Crippen molar-refractivity contribution in [3.8, 4) is 11.5 Å². The van der Waals surface area contributed by atoms with Crippen LogP contribution >= 0.6 is 12.2 Å². The summed E-state index contributed by atoms with van der Waals surface area (Å²) in [4.78, 5) is 24.5. The van der Waals surface area contributed by atoms with E-state index in [0.717, 1.165) is 17.5 Å². The highest BCUT2D eigenvalue weighted by atomic mass is 32.1. The molecule has 3 N–H and O–H groups in total. The summed E-state index contributed by atoms with van der Waals surface area (Å²) < 4.78 is 11.3. The molecule has 3 aromatic carbocycles. The van der Waals surface area contributed by atoms with Crippen LogP contribution in [0.4, 0.5) is 0 Å². The van der Waals surface area contributed by atoms with E-state index < -0.39 is 11.8 Å². The van der Waals surface area contributed by atoms with E-state index in [1.54, 1.807) is 24.3 Å². The Balaban J connectivity index is 1.40. The van der Waals surface area contributed by atoms with Gasteiger partial charge in [-0.3, -0.25) is 25.8 Å². The number of carbonyl (C=O) groups excluding carboxylic acids is 2. The van der Waals surface area contributed by atoms with Crippen LogP contribution in [0, 0.1) is 13.8 Å². The number of amides is 2. The third-order valence-electron chi connectivity index (χ3n) is 4.83. The van der Waals surface area contributed by atoms with Gasteiger partial charge in [-0.2, -0.15) is 0 Å². The average Bonchev–Trinajstić information content (AvgIpc) is 2.83. The molecule has 3 aromatic rings. The minimum Gasteiger partial charge on any atom is -0.493 e. The van der Waals surface area contributed by atoms with E-state index in [-0.39, 0.29) is 11.7 Å². The fourth-order valence-corrected chi connectivity index (χ4v) is 3.28. The van der Waals surface area contributed by atoms with Crippen molar-refractivity contribution < 1.29 is 19.1 Å². The number of hydrogen-bond donors (Lipinski definition) is 3. The van der Waals surface area contributed by atoms with Crippen molar-refractivity contribution in [1.29, 1.82) is 0 Å². The monoisotopic (exact) mass is 477 g/mol. The molecule has 0 atom stereocenters. The Morgan fingerprint density at radius 3 is 2.44 bits per heavy atom. The number of nitrogens with one attached hydrogen (secondary N) is 3. The van der Waals surface area contributed by atoms with Crippen LogP contribution in [0.15, 0.2) is 72.8 Å². The number of aryl methyl sites for hydroxylation is 2. The Kier molecular flexibility index (Phi) is 8.99. The zero-order valence-electron chi connectivity index (χ0n) is 19.1. The van der Waals surface area contributed by atoms with Crippen LogP contribution < -0.4 is 25.6 Å². The summed E-state index contributed by atoms with van der Waals surface area (Å²) >= 11 is 5.09. The molecule has 0 unspecified atom stereocenters. The highest BCUT2D eigenvalue weighted by molar-refractivity contribution is 7.80. The molecular weight excluding hydrogens is 450 g/mol. The summed E-state index contributed by atoms with van der Waals surface area (Å²) in [5, 5.41) is 2.48. The number of benzene rings is 3. The molecule has 0 aliphatic rings. The Bertz CT molecular complexity index is 1150. The molecule has 0 aliphatic heterocycles. The number of rotatable bonds is 8. The highest BCUT2D eigenvalue weighted by Gasteiger charge is 2.10. The molecule has 8 heteroatoms. The molecule has 0 aromatic heterocycles. The average molecular weight is 478 g/mol. The third kappa shape index (κ3) is 7.90. The molecule has 7 nitrogen and oxygen atoms in total. The van der Waals surface area contributed by atoms with Crippen molar-refractivity contribution in [2.45, 2.75) is 20.3 Å². The lowest BCUT2D eigenvalue weighted by molar-refractivity contribution is -0.123. The standard InChI is InChI=1S/C26H27N3O4S/c1-18-11-12-23(19(2)15-18)33-17-24(30)28-29-26(34)27-25(31)21-9-6-10-22(16-21)32-14-13-20-7-4-3-5-8-20/h3-12,15-16H,13-14,17H2,1-2H3,(H,28,30)(H2,27,29,31,34). The smallest absolute Gasteiger partial charge is 0.276 e. The number of hydrazine groups is 1. The largest absolute Gasteiger partial charge is 0.493 e. The number of thiocarbonyl (C=S) groups is 1. The Hall–Kier alpha value is -3.91. The van der Waals surface area contributed by atoms with Gasteiger partial charge in [0, 0.05) is 12.0 Å². The fourth-order valence-electron chi connectivity index (χ4n) is 3.13. The normalized spacial score (nSPS) is 10.2. The first kappa shape index (κ1) is 24.7. The van der Waals surface area contributed by atoms with Gasteiger partial charge in [0.25, 0.3) is 11.8 Å². The third-order valence-corrected chi connectivity index (χ3v) is 5.03. The molecule has 0 saturated heterocycles. The minimum absolute atomic E-state index is 0.0414. The Morgan fingerprint density at radius 1 is 0.882 bits per heavy atom. The van der Waals surface area contributed by atoms with Gasteiger partial charge < -0.3 is 9.47 Å². The van der Waals surface area contributed by atoms with Gasteiger partial charge >= 0.3 is 0 Å². The van der Waals surface area contributed by atoms with Gasteiger partial charge in [-0.15, -0.1) is 0 Å². The van der Waals surface area contributed by atoms with Crippen LogP contribution in [0.2, 0.25) is 0 Å². The summed E-state index contributed by atoms with van der Waals surface area (Å²) in [5.74, 6) is 0.346. The van der Waals surface area contributed by atoms with E-state index in [1.165, 1.54) is 5.56 Å². The van der Waals surface area contributed by atoms with Gasteiger partial charge in [-0.05, 0) is 61.5 Å². The molecule has 2 amide bonds. The van der Waals surface area contributed by atoms with Crippen LogP contribution in [0.3, 0.4) is 0 Å². The first-order valence-corrected chi connectivity index (χ1v) is 11.2. The molecule has 0 aliphatic carbocycles. The molecule has 34 heavy (non-hydrogen) atoms. The van der Waals surface area contributed by atoms with Crippen molar-refractivity contribution in [2.24, 2.45) is 0 Å². The SMILES string of the molecule is Cc1ccc(OCC(=O)NNC(=S)NC(=O)c2cccc(OCCc3ccccc3)c2)c(C)c1. The van der Waals surface area contributed by atoms with Crippen LogP contribution in [0.25, 0.3) is 0 Å². The van der Waals surface area contributed by atoms with Crippen molar-refractivity contribution >= 4 is 29.1 Å². The second kappa shape index (κ2) is 12.4. The molecule has 0 radical (unpaired) electrons. The van der Waals surface area contributed by atoms with Gasteiger partial charge in [-0.1, -0.05) is 54.1 Å². The lowest BCUT2D eigenvalue weighted by Gasteiger charge is -2.13. The number of carbonyl (C=O) groups is 2. The van der Waals surface area contributed by atoms with Crippen molar-refractivity contribution in [1.82, 2.24) is 16.2 Å². The summed E-state index contributed by atoms with van der Waals surface area (Å²) in [6, 6.07) is 22.5. The van der Waals surface area contributed by atoms with Crippen LogP contribution in [-0.4, -0.2) is 30.1 Å². The molecule has 0 fully saturated rings. The van der Waals surface area contributed by atoms with E-state index in [2.05, 4.69) is 16.2 Å². The highest BCUT2D eigenvalue weighted by Crippen LogP contribution is 2.18. The predicted molar refractivity (Wildman–Crippen MR) is 135 cm³/mol. The van der Waals surface area contributed by atoms with Gasteiger partial charge in [-0.25, -0.2) is 0 Å². The Morgan fingerprint density at radius 2 is 1.68 bits per heavy atom. The topological polar surface area (TPSA) is 88.7 Å². The van der Waals surface area contributed by atoms with E-state index in [1.807, 2.05) is 62.4 Å². The molecule has 0 spiro atoms. The quantitative estimate of drug-likeness (QED) is 0.339. The fraction of sp³-hybridized carbons (Fsp3) is 0.192. The molecule has 0 heterocycles. The maximum Gasteiger partial charge on any atom is 0.276 e. The zero-order valence-corrected chi connectivity index (χ0v) is 19.9. The van der Waals surface area contributed by atoms with E-state index >= 15 is 0 Å². The molecule has 176 valence electrons. The summed E-state index contributed by atoms with van der Waals surface area (Å²) in [5.41, 5.74) is 8.51. The molecule has 0 bridgehead atoms. The number of hydrogen-bond acceptors (Lipinski definition) is 5. The van der Waals surface area contributed by atoms with Crippen LogP contribution in [0.1, 0.15) is 27.0 Å². The first-order valence-electron chi connectivity index (χ1n) is 10.8. The first-order chi connectivity index (χ1) is 16.4. The van der Waals surface area contributed by atoms with Crippen molar-refractivity contribution in [3.05, 3.63) is 95.1 Å². The zero-order chi connectivity index (χ0) is 24.3. The van der Waals surface area contributed by atoms with Crippen LogP contribution in [-0.2, 0) is 11.2 Å². The minimum atomic E-state index is -0.439. The summed E-state index contributed by atoms with van der Waals surface area (Å²) in [7, 11) is 0. The van der Waals surface area contributed by atoms with Crippen molar-refractivity contribution in [2.75, 3.05) is 13.2 Å². The van der Waals surface area contributed by atoms with Gasteiger partial charge in [0.2, 0.25) is 0 Å². The maximum atomic E-state index is 12.5. The second-order valence-corrected chi connectivity index (χ2v) is 8.03. The lowest BCUT2D eigenvalue weighted by atomic mass is 10.1. The summed E-state index contributed by atoms with van der Waals surface area (Å²) in [6.07, 6.45) is 0.762. The van der Waals surface area contributed by atoms with Crippen molar-refractivity contribution in [3.63, 3.8) is 0 Å². The molecular formula is C26H27N3O4S. The lowest BCUT2D eigenvalue weighted by Crippen LogP contribution is -2.49. The van der Waals surface area contributed by atoms with Gasteiger partial charge in [0.1, 0.15) is 11.5 Å². The predicted octanol–water partition coefficient (Wildman–Crippen LogP) is 3.64. The van der Waals surface area contributed by atoms with Gasteiger partial charge in [0.15, 0.2) is 11.7 Å². The molecule has 3 rings (SSSR count). The van der Waals surface area contributed by atoms with E-state index in [9.17, 15) is 9.59 Å². The maximum absolute atomic E-state index is 12.5.